The lowest BCUT2D eigenvalue weighted by atomic mass is 9.67. The van der Waals surface area contributed by atoms with Crippen molar-refractivity contribution >= 4 is 17.1 Å². The first-order valence-corrected chi connectivity index (χ1v) is 22.0. The van der Waals surface area contributed by atoms with E-state index in [0.29, 0.717) is 0 Å². The summed E-state index contributed by atoms with van der Waals surface area (Å²) in [5.74, 6) is -0.242. The van der Waals surface area contributed by atoms with Crippen LogP contribution in [0.5, 0.6) is 0 Å². The first kappa shape index (κ1) is 37.7. The van der Waals surface area contributed by atoms with Gasteiger partial charge in [-0.05, 0) is 126 Å². The van der Waals surface area contributed by atoms with Crippen molar-refractivity contribution in [3.63, 3.8) is 0 Å². The zero-order valence-corrected chi connectivity index (χ0v) is 35.1. The molecule has 10 aromatic carbocycles. The second-order valence-corrected chi connectivity index (χ2v) is 16.9. The van der Waals surface area contributed by atoms with Gasteiger partial charge in [0.1, 0.15) is 5.82 Å². The standard InChI is InChI=1S/C62H42FN/c63-49-33-29-43(30-34-49)44-31-35-50(36-32-44)64(51-38-40-59-56(41-51)54-26-14-16-28-58(54)61(59,45-17-5-1-6-18-45)46-19-7-2-8-20-46)52-37-39-55-53-25-13-15-27-57(53)62(60(55)42-52,47-21-9-3-10-22-47)48-23-11-4-12-24-48/h1-42H. The summed E-state index contributed by atoms with van der Waals surface area (Å²) in [4.78, 5) is 2.41. The molecule has 0 amide bonds. The summed E-state index contributed by atoms with van der Waals surface area (Å²) in [7, 11) is 0. The van der Waals surface area contributed by atoms with Crippen molar-refractivity contribution in [3.8, 4) is 33.4 Å². The van der Waals surface area contributed by atoms with Crippen LogP contribution in [0.1, 0.15) is 44.5 Å². The Morgan fingerprint density at radius 3 is 1.14 bits per heavy atom. The average Bonchev–Trinajstić information content (AvgIpc) is 3.84. The largest absolute Gasteiger partial charge is 0.310 e. The molecule has 2 heteroatoms. The molecular formula is C62H42FN. The predicted molar refractivity (Wildman–Crippen MR) is 261 cm³/mol. The van der Waals surface area contributed by atoms with Crippen LogP contribution in [-0.2, 0) is 10.8 Å². The molecule has 64 heavy (non-hydrogen) atoms. The Morgan fingerprint density at radius 1 is 0.266 bits per heavy atom. The Labute approximate surface area is 374 Å². The normalized spacial score (nSPS) is 13.6. The van der Waals surface area contributed by atoms with Crippen LogP contribution >= 0.6 is 0 Å². The van der Waals surface area contributed by atoms with Crippen LogP contribution in [0.2, 0.25) is 0 Å². The Balaban J connectivity index is 1.11. The highest BCUT2D eigenvalue weighted by Crippen LogP contribution is 2.59. The minimum Gasteiger partial charge on any atom is -0.310 e. The molecule has 2 aliphatic carbocycles. The van der Waals surface area contributed by atoms with Gasteiger partial charge in [-0.25, -0.2) is 4.39 Å². The Hall–Kier alpha value is -8.07. The van der Waals surface area contributed by atoms with E-state index in [9.17, 15) is 4.39 Å². The van der Waals surface area contributed by atoms with Crippen molar-refractivity contribution < 1.29 is 4.39 Å². The maximum Gasteiger partial charge on any atom is 0.123 e. The van der Waals surface area contributed by atoms with Crippen molar-refractivity contribution in [3.05, 3.63) is 305 Å². The summed E-state index contributed by atoms with van der Waals surface area (Å²) in [6, 6.07) is 91.3. The van der Waals surface area contributed by atoms with Crippen LogP contribution < -0.4 is 4.90 Å². The number of fused-ring (bicyclic) bond motifs is 6. The molecular weight excluding hydrogens is 778 g/mol. The van der Waals surface area contributed by atoms with Gasteiger partial charge in [-0.2, -0.15) is 0 Å². The van der Waals surface area contributed by atoms with Gasteiger partial charge in [0.2, 0.25) is 0 Å². The highest BCUT2D eigenvalue weighted by Gasteiger charge is 2.48. The third-order valence-electron chi connectivity index (χ3n) is 13.7. The van der Waals surface area contributed by atoms with Crippen molar-refractivity contribution in [1.82, 2.24) is 0 Å². The molecule has 0 unspecified atom stereocenters. The Bertz CT molecular complexity index is 3230. The van der Waals surface area contributed by atoms with Crippen LogP contribution in [0.3, 0.4) is 0 Å². The number of hydrogen-bond acceptors (Lipinski definition) is 1. The molecule has 0 heterocycles. The first-order chi connectivity index (χ1) is 31.7. The van der Waals surface area contributed by atoms with E-state index in [0.717, 1.165) is 28.2 Å². The summed E-state index contributed by atoms with van der Waals surface area (Å²) >= 11 is 0. The third-order valence-corrected chi connectivity index (χ3v) is 13.7. The highest BCUT2D eigenvalue weighted by molar-refractivity contribution is 5.93. The molecule has 0 aromatic heterocycles. The topological polar surface area (TPSA) is 3.24 Å². The number of nitrogens with zero attached hydrogens (tertiary/aromatic N) is 1. The molecule has 12 rings (SSSR count). The van der Waals surface area contributed by atoms with Crippen LogP contribution in [0.4, 0.5) is 21.5 Å². The number of halogens is 1. The lowest BCUT2D eigenvalue weighted by Gasteiger charge is -2.35. The number of benzene rings is 10. The van der Waals surface area contributed by atoms with Crippen LogP contribution in [0, 0.1) is 5.82 Å². The fraction of sp³-hybridized carbons (Fsp3) is 0.0323. The van der Waals surface area contributed by atoms with Crippen molar-refractivity contribution in [2.45, 2.75) is 10.8 Å². The summed E-state index contributed by atoms with van der Waals surface area (Å²) in [5, 5.41) is 0. The summed E-state index contributed by atoms with van der Waals surface area (Å²) in [6.45, 7) is 0. The fourth-order valence-corrected chi connectivity index (χ4v) is 11.0. The molecule has 0 bridgehead atoms. The molecule has 0 spiro atoms. The molecule has 0 saturated carbocycles. The average molecular weight is 820 g/mol. The molecule has 0 aliphatic heterocycles. The van der Waals surface area contributed by atoms with Crippen molar-refractivity contribution in [2.24, 2.45) is 0 Å². The van der Waals surface area contributed by atoms with E-state index in [1.807, 2.05) is 12.1 Å². The molecule has 10 aromatic rings. The van der Waals surface area contributed by atoms with E-state index in [1.54, 1.807) is 0 Å². The van der Waals surface area contributed by atoms with Gasteiger partial charge >= 0.3 is 0 Å². The maximum absolute atomic E-state index is 14.0. The first-order valence-electron chi connectivity index (χ1n) is 22.0. The Morgan fingerprint density at radius 2 is 0.625 bits per heavy atom. The van der Waals surface area contributed by atoms with Gasteiger partial charge in [-0.1, -0.05) is 206 Å². The second kappa shape index (κ2) is 15.1. The van der Waals surface area contributed by atoms with E-state index < -0.39 is 10.8 Å². The zero-order chi connectivity index (χ0) is 42.7. The molecule has 1 nitrogen and oxygen atoms in total. The van der Waals surface area contributed by atoms with Gasteiger partial charge in [-0.15, -0.1) is 0 Å². The highest BCUT2D eigenvalue weighted by atomic mass is 19.1. The minimum atomic E-state index is -0.551. The number of hydrogen-bond donors (Lipinski definition) is 0. The fourth-order valence-electron chi connectivity index (χ4n) is 11.0. The van der Waals surface area contributed by atoms with Gasteiger partial charge in [0, 0.05) is 17.1 Å². The Kier molecular flexibility index (Phi) is 8.88. The maximum atomic E-state index is 14.0. The third kappa shape index (κ3) is 5.62. The molecule has 2 aliphatic rings. The monoisotopic (exact) mass is 819 g/mol. The van der Waals surface area contributed by atoms with Gasteiger partial charge in [0.25, 0.3) is 0 Å². The van der Waals surface area contributed by atoms with E-state index in [1.165, 1.54) is 78.9 Å². The van der Waals surface area contributed by atoms with Crippen LogP contribution in [-0.4, -0.2) is 0 Å². The summed E-state index contributed by atoms with van der Waals surface area (Å²) in [6.07, 6.45) is 0. The zero-order valence-electron chi connectivity index (χ0n) is 35.1. The van der Waals surface area contributed by atoms with E-state index >= 15 is 0 Å². The van der Waals surface area contributed by atoms with Gasteiger partial charge in [0.15, 0.2) is 0 Å². The van der Waals surface area contributed by atoms with Crippen molar-refractivity contribution in [2.75, 3.05) is 4.90 Å². The molecule has 302 valence electrons. The van der Waals surface area contributed by atoms with Crippen molar-refractivity contribution in [1.29, 1.82) is 0 Å². The van der Waals surface area contributed by atoms with Gasteiger partial charge in [0.05, 0.1) is 10.8 Å². The van der Waals surface area contributed by atoms with Crippen LogP contribution in [0.25, 0.3) is 33.4 Å². The van der Waals surface area contributed by atoms with E-state index in [-0.39, 0.29) is 5.82 Å². The number of rotatable bonds is 8. The lowest BCUT2D eigenvalue weighted by molar-refractivity contribution is 0.628. The van der Waals surface area contributed by atoms with E-state index in [2.05, 4.69) is 235 Å². The SMILES string of the molecule is Fc1ccc(-c2ccc(N(c3ccc4c(c3)-c3ccccc3C4(c3ccccc3)c3ccccc3)c3ccc4c(c3)C(c3ccccc3)(c3ccccc3)c3ccccc3-4)cc2)cc1. The van der Waals surface area contributed by atoms with E-state index in [4.69, 9.17) is 0 Å². The minimum absolute atomic E-state index is 0.242. The van der Waals surface area contributed by atoms with Crippen LogP contribution in [0.15, 0.2) is 255 Å². The number of anilines is 3. The molecule has 0 radical (unpaired) electrons. The molecule has 0 atom stereocenters. The molecule has 0 saturated heterocycles. The summed E-state index contributed by atoms with van der Waals surface area (Å²) in [5.41, 5.74) is 19.0. The molecule has 0 N–H and O–H groups in total. The van der Waals surface area contributed by atoms with Gasteiger partial charge < -0.3 is 4.90 Å². The van der Waals surface area contributed by atoms with Gasteiger partial charge in [-0.3, -0.25) is 0 Å². The predicted octanol–water partition coefficient (Wildman–Crippen LogP) is 15.7. The molecule has 0 fully saturated rings. The second-order valence-electron chi connectivity index (χ2n) is 16.9. The smallest absolute Gasteiger partial charge is 0.123 e. The summed E-state index contributed by atoms with van der Waals surface area (Å²) < 4.78 is 14.0. The lowest BCUT2D eigenvalue weighted by Crippen LogP contribution is -2.28. The quantitative estimate of drug-likeness (QED) is 0.148.